The molecule has 10 nitrogen and oxygen atoms in total. The predicted octanol–water partition coefficient (Wildman–Crippen LogP) is -0.342. The van der Waals surface area contributed by atoms with E-state index in [1.54, 1.807) is 9.42 Å². The van der Waals surface area contributed by atoms with Gasteiger partial charge in [-0.25, -0.2) is 4.98 Å². The zero-order valence-corrected chi connectivity index (χ0v) is 14.9. The third-order valence-corrected chi connectivity index (χ3v) is 4.36. The lowest BCUT2D eigenvalue weighted by atomic mass is 10.1. The number of aromatic nitrogens is 4. The molecule has 26 heavy (non-hydrogen) atoms. The molecule has 140 valence electrons. The first-order valence-corrected chi connectivity index (χ1v) is 8.45. The van der Waals surface area contributed by atoms with E-state index in [-0.39, 0.29) is 24.9 Å². The second-order valence-electron chi connectivity index (χ2n) is 6.10. The second-order valence-corrected chi connectivity index (χ2v) is 6.10. The van der Waals surface area contributed by atoms with Gasteiger partial charge in [0.25, 0.3) is 11.7 Å². The maximum absolute atomic E-state index is 12.0. The summed E-state index contributed by atoms with van der Waals surface area (Å²) < 4.78 is 11.9. The Morgan fingerprint density at radius 3 is 2.69 bits per heavy atom. The third-order valence-electron chi connectivity index (χ3n) is 4.36. The Labute approximate surface area is 150 Å². The Balaban J connectivity index is 1.56. The standard InChI is InChI=1S/C16H22N6O4/c1-10-12(11(2)22-16(18-10)19-15(17)20-22)3-4-14(24)26-9-13(23)21-5-7-25-8-6-21/h3-9H2,1-2H3,(H2,17,20). The van der Waals surface area contributed by atoms with E-state index in [0.717, 1.165) is 17.0 Å². The van der Waals surface area contributed by atoms with Gasteiger partial charge in [-0.05, 0) is 25.8 Å². The summed E-state index contributed by atoms with van der Waals surface area (Å²) in [6.45, 7) is 5.57. The SMILES string of the molecule is Cc1nc2nc(N)nn2c(C)c1CCC(=O)OCC(=O)N1CCOCC1. The number of hydrogen-bond donors (Lipinski definition) is 1. The van der Waals surface area contributed by atoms with Crippen LogP contribution in [-0.2, 0) is 25.5 Å². The van der Waals surface area contributed by atoms with Gasteiger partial charge in [-0.15, -0.1) is 5.10 Å². The highest BCUT2D eigenvalue weighted by Crippen LogP contribution is 2.16. The van der Waals surface area contributed by atoms with Crippen molar-refractivity contribution in [3.63, 3.8) is 0 Å². The summed E-state index contributed by atoms with van der Waals surface area (Å²) in [5.41, 5.74) is 8.09. The summed E-state index contributed by atoms with van der Waals surface area (Å²) in [7, 11) is 0. The first-order chi connectivity index (χ1) is 12.5. The van der Waals surface area contributed by atoms with Gasteiger partial charge in [0.1, 0.15) is 0 Å². The van der Waals surface area contributed by atoms with Crippen LogP contribution in [0, 0.1) is 13.8 Å². The van der Waals surface area contributed by atoms with Crippen LogP contribution in [0.3, 0.4) is 0 Å². The Hall–Kier alpha value is -2.75. The predicted molar refractivity (Wildman–Crippen MR) is 91.3 cm³/mol. The van der Waals surface area contributed by atoms with Crippen LogP contribution >= 0.6 is 0 Å². The minimum absolute atomic E-state index is 0.148. The van der Waals surface area contributed by atoms with Crippen molar-refractivity contribution in [3.05, 3.63) is 17.0 Å². The minimum Gasteiger partial charge on any atom is -0.456 e. The average Bonchev–Trinajstić information content (AvgIpc) is 3.00. The van der Waals surface area contributed by atoms with Gasteiger partial charge in [0.05, 0.1) is 13.2 Å². The minimum atomic E-state index is -0.427. The third kappa shape index (κ3) is 3.90. The summed E-state index contributed by atoms with van der Waals surface area (Å²) in [4.78, 5) is 34.0. The Bertz CT molecular complexity index is 828. The molecule has 2 aromatic heterocycles. The number of fused-ring (bicyclic) bond motifs is 1. The number of ether oxygens (including phenoxy) is 2. The van der Waals surface area contributed by atoms with Crippen molar-refractivity contribution < 1.29 is 19.1 Å². The summed E-state index contributed by atoms with van der Waals surface area (Å²) in [5, 5.41) is 4.10. The van der Waals surface area contributed by atoms with Crippen molar-refractivity contribution in [2.75, 3.05) is 38.6 Å². The molecule has 2 aromatic rings. The molecule has 1 aliphatic heterocycles. The van der Waals surface area contributed by atoms with Crippen molar-refractivity contribution in [1.82, 2.24) is 24.5 Å². The molecule has 0 spiro atoms. The molecule has 0 saturated carbocycles. The summed E-state index contributed by atoms with van der Waals surface area (Å²) in [6, 6.07) is 0. The normalized spacial score (nSPS) is 14.6. The molecule has 1 aliphatic rings. The van der Waals surface area contributed by atoms with Crippen LogP contribution in [0.5, 0.6) is 0 Å². The second kappa shape index (κ2) is 7.65. The van der Waals surface area contributed by atoms with Crippen LogP contribution in [-0.4, -0.2) is 69.3 Å². The number of rotatable bonds is 5. The molecule has 10 heteroatoms. The maximum atomic E-state index is 12.0. The molecule has 1 saturated heterocycles. The lowest BCUT2D eigenvalue weighted by molar-refractivity contribution is -0.153. The van der Waals surface area contributed by atoms with E-state index in [2.05, 4.69) is 15.1 Å². The van der Waals surface area contributed by atoms with Gasteiger partial charge in [-0.2, -0.15) is 9.50 Å². The van der Waals surface area contributed by atoms with Crippen molar-refractivity contribution in [2.45, 2.75) is 26.7 Å². The number of nitrogens with two attached hydrogens (primary N) is 1. The highest BCUT2D eigenvalue weighted by Gasteiger charge is 2.19. The molecule has 0 aliphatic carbocycles. The van der Waals surface area contributed by atoms with E-state index in [4.69, 9.17) is 15.2 Å². The number of carbonyl (C=O) groups is 2. The number of nitrogen functional groups attached to an aromatic ring is 1. The number of hydrogen-bond acceptors (Lipinski definition) is 8. The number of aryl methyl sites for hydroxylation is 2. The summed E-state index contributed by atoms with van der Waals surface area (Å²) in [5.74, 6) is -0.0445. The molecule has 0 aromatic carbocycles. The maximum Gasteiger partial charge on any atom is 0.306 e. The van der Waals surface area contributed by atoms with Gasteiger partial charge in [0.15, 0.2) is 6.61 Å². The van der Waals surface area contributed by atoms with Gasteiger partial charge in [-0.1, -0.05) is 0 Å². The fourth-order valence-corrected chi connectivity index (χ4v) is 2.93. The average molecular weight is 362 g/mol. The number of esters is 1. The van der Waals surface area contributed by atoms with Crippen LogP contribution in [0.15, 0.2) is 0 Å². The lowest BCUT2D eigenvalue weighted by Gasteiger charge is -2.26. The van der Waals surface area contributed by atoms with E-state index >= 15 is 0 Å². The zero-order valence-electron chi connectivity index (χ0n) is 14.9. The highest BCUT2D eigenvalue weighted by molar-refractivity contribution is 5.80. The van der Waals surface area contributed by atoms with Crippen LogP contribution in [0.2, 0.25) is 0 Å². The fourth-order valence-electron chi connectivity index (χ4n) is 2.93. The van der Waals surface area contributed by atoms with E-state index in [0.29, 0.717) is 38.5 Å². The van der Waals surface area contributed by atoms with Crippen LogP contribution < -0.4 is 5.73 Å². The number of carbonyl (C=O) groups excluding carboxylic acids is 2. The van der Waals surface area contributed by atoms with Gasteiger partial charge in [0, 0.05) is 30.9 Å². The van der Waals surface area contributed by atoms with E-state index in [1.165, 1.54) is 0 Å². The van der Waals surface area contributed by atoms with Crippen molar-refractivity contribution in [3.8, 4) is 0 Å². The monoisotopic (exact) mass is 362 g/mol. The number of nitrogens with zero attached hydrogens (tertiary/aromatic N) is 5. The molecule has 0 atom stereocenters. The largest absolute Gasteiger partial charge is 0.456 e. The first kappa shape index (κ1) is 18.1. The Morgan fingerprint density at radius 1 is 1.23 bits per heavy atom. The molecule has 0 unspecified atom stereocenters. The van der Waals surface area contributed by atoms with Gasteiger partial charge >= 0.3 is 5.97 Å². The molecular weight excluding hydrogens is 340 g/mol. The zero-order chi connectivity index (χ0) is 18.7. The quantitative estimate of drug-likeness (QED) is 0.716. The molecular formula is C16H22N6O4. The number of amides is 1. The smallest absolute Gasteiger partial charge is 0.306 e. The van der Waals surface area contributed by atoms with Crippen LogP contribution in [0.25, 0.3) is 5.78 Å². The van der Waals surface area contributed by atoms with Gasteiger partial charge in [-0.3, -0.25) is 9.59 Å². The fraction of sp³-hybridized carbons (Fsp3) is 0.562. The summed E-state index contributed by atoms with van der Waals surface area (Å²) in [6.07, 6.45) is 0.584. The topological polar surface area (TPSA) is 125 Å². The first-order valence-electron chi connectivity index (χ1n) is 8.45. The van der Waals surface area contributed by atoms with E-state index < -0.39 is 5.97 Å². The highest BCUT2D eigenvalue weighted by atomic mass is 16.5. The molecule has 1 fully saturated rings. The number of morpholine rings is 1. The Morgan fingerprint density at radius 2 is 1.96 bits per heavy atom. The Kier molecular flexibility index (Phi) is 5.31. The molecule has 2 N–H and O–H groups in total. The summed E-state index contributed by atoms with van der Waals surface area (Å²) >= 11 is 0. The van der Waals surface area contributed by atoms with Crippen LogP contribution in [0.1, 0.15) is 23.4 Å². The molecule has 0 bridgehead atoms. The molecule has 1 amide bonds. The van der Waals surface area contributed by atoms with Crippen LogP contribution in [0.4, 0.5) is 5.95 Å². The number of anilines is 1. The lowest BCUT2D eigenvalue weighted by Crippen LogP contribution is -2.42. The molecule has 3 heterocycles. The van der Waals surface area contributed by atoms with Crippen molar-refractivity contribution in [1.29, 1.82) is 0 Å². The van der Waals surface area contributed by atoms with Gasteiger partial charge < -0.3 is 20.1 Å². The molecule has 0 radical (unpaired) electrons. The van der Waals surface area contributed by atoms with Crippen molar-refractivity contribution in [2.24, 2.45) is 0 Å². The van der Waals surface area contributed by atoms with E-state index in [1.807, 2.05) is 13.8 Å². The molecule has 3 rings (SSSR count). The van der Waals surface area contributed by atoms with Crippen molar-refractivity contribution >= 4 is 23.6 Å². The van der Waals surface area contributed by atoms with Gasteiger partial charge in [0.2, 0.25) is 5.95 Å². The van der Waals surface area contributed by atoms with E-state index in [9.17, 15) is 9.59 Å².